The molecule has 1 rings (SSSR count). The molecule has 84 valence electrons. The molecule has 1 fully saturated rings. The second-order valence-corrected chi connectivity index (χ2v) is 5.73. The highest BCUT2D eigenvalue weighted by Crippen LogP contribution is 2.26. The Morgan fingerprint density at radius 1 is 1.29 bits per heavy atom. The van der Waals surface area contributed by atoms with Gasteiger partial charge >= 0.3 is 0 Å². The van der Waals surface area contributed by atoms with Crippen LogP contribution in [0.1, 0.15) is 46.0 Å². The van der Waals surface area contributed by atoms with E-state index < -0.39 is 0 Å². The normalized spacial score (nSPS) is 21.0. The lowest BCUT2D eigenvalue weighted by Gasteiger charge is -2.28. The molecular formula is C12H25NS. The van der Waals surface area contributed by atoms with Crippen LogP contribution in [-0.2, 0) is 0 Å². The van der Waals surface area contributed by atoms with Gasteiger partial charge in [-0.05, 0) is 31.4 Å². The first-order valence-corrected chi connectivity index (χ1v) is 7.31. The molecule has 1 nitrogen and oxygen atoms in total. The van der Waals surface area contributed by atoms with Gasteiger partial charge in [0, 0.05) is 18.3 Å². The van der Waals surface area contributed by atoms with Crippen LogP contribution in [0.4, 0.5) is 0 Å². The lowest BCUT2D eigenvalue weighted by atomic mass is 9.84. The van der Waals surface area contributed by atoms with Crippen LogP contribution < -0.4 is 5.32 Å². The molecule has 0 radical (unpaired) electrons. The topological polar surface area (TPSA) is 12.0 Å². The second-order valence-electron chi connectivity index (χ2n) is 4.34. The third-order valence-electron chi connectivity index (χ3n) is 3.27. The fourth-order valence-corrected chi connectivity index (χ4v) is 2.85. The fourth-order valence-electron chi connectivity index (χ4n) is 2.30. The van der Waals surface area contributed by atoms with Crippen LogP contribution in [0, 0.1) is 5.92 Å². The van der Waals surface area contributed by atoms with Crippen molar-refractivity contribution in [3.8, 4) is 0 Å². The Morgan fingerprint density at radius 3 is 2.64 bits per heavy atom. The van der Waals surface area contributed by atoms with Gasteiger partial charge in [-0.15, -0.1) is 0 Å². The highest BCUT2D eigenvalue weighted by molar-refractivity contribution is 7.99. The van der Waals surface area contributed by atoms with Crippen molar-refractivity contribution in [2.24, 2.45) is 5.92 Å². The molecule has 1 atom stereocenters. The van der Waals surface area contributed by atoms with Crippen molar-refractivity contribution in [3.05, 3.63) is 0 Å². The molecule has 1 N–H and O–H groups in total. The molecule has 0 heterocycles. The number of rotatable bonds is 6. The van der Waals surface area contributed by atoms with Gasteiger partial charge < -0.3 is 5.32 Å². The molecule has 0 aromatic carbocycles. The highest BCUT2D eigenvalue weighted by atomic mass is 32.2. The van der Waals surface area contributed by atoms with Crippen molar-refractivity contribution >= 4 is 11.8 Å². The van der Waals surface area contributed by atoms with E-state index in [2.05, 4.69) is 19.2 Å². The van der Waals surface area contributed by atoms with Gasteiger partial charge in [0.15, 0.2) is 0 Å². The Kier molecular flexibility index (Phi) is 6.70. The van der Waals surface area contributed by atoms with Gasteiger partial charge in [-0.3, -0.25) is 0 Å². The van der Waals surface area contributed by atoms with Crippen molar-refractivity contribution in [2.75, 3.05) is 18.1 Å². The van der Waals surface area contributed by atoms with Gasteiger partial charge in [-0.25, -0.2) is 0 Å². The first-order valence-electron chi connectivity index (χ1n) is 6.15. The van der Waals surface area contributed by atoms with Gasteiger partial charge in [0.05, 0.1) is 0 Å². The van der Waals surface area contributed by atoms with E-state index in [0.717, 1.165) is 12.0 Å². The number of nitrogens with one attached hydrogen (secondary N) is 1. The zero-order valence-electron chi connectivity index (χ0n) is 9.72. The van der Waals surface area contributed by atoms with E-state index in [1.165, 1.54) is 50.2 Å². The molecule has 1 aliphatic rings. The van der Waals surface area contributed by atoms with E-state index in [4.69, 9.17) is 0 Å². The zero-order chi connectivity index (χ0) is 10.2. The first kappa shape index (κ1) is 12.4. The summed E-state index contributed by atoms with van der Waals surface area (Å²) in [7, 11) is 0. The molecular weight excluding hydrogens is 190 g/mol. The van der Waals surface area contributed by atoms with Crippen molar-refractivity contribution in [3.63, 3.8) is 0 Å². The van der Waals surface area contributed by atoms with Crippen molar-refractivity contribution in [1.29, 1.82) is 0 Å². The average molecular weight is 215 g/mol. The van der Waals surface area contributed by atoms with Gasteiger partial charge in [-0.2, -0.15) is 11.8 Å². The minimum atomic E-state index is 0.743. The SMILES string of the molecule is CCSCCN[C@H](C)C1CCCCC1. The monoisotopic (exact) mass is 215 g/mol. The maximum atomic E-state index is 3.67. The molecule has 0 amide bonds. The number of hydrogen-bond acceptors (Lipinski definition) is 2. The quantitative estimate of drug-likeness (QED) is 0.682. The van der Waals surface area contributed by atoms with Crippen molar-refractivity contribution in [1.82, 2.24) is 5.32 Å². The predicted molar refractivity (Wildman–Crippen MR) is 67.0 cm³/mol. The average Bonchev–Trinajstić information content (AvgIpc) is 2.25. The molecule has 0 aromatic heterocycles. The molecule has 1 aliphatic carbocycles. The fraction of sp³-hybridized carbons (Fsp3) is 1.00. The summed E-state index contributed by atoms with van der Waals surface area (Å²) in [4.78, 5) is 0. The minimum Gasteiger partial charge on any atom is -0.313 e. The molecule has 0 saturated heterocycles. The second kappa shape index (κ2) is 7.58. The van der Waals surface area contributed by atoms with E-state index >= 15 is 0 Å². The Balaban J connectivity index is 2.04. The van der Waals surface area contributed by atoms with Crippen LogP contribution in [0.15, 0.2) is 0 Å². The smallest absolute Gasteiger partial charge is 0.00673 e. The highest BCUT2D eigenvalue weighted by Gasteiger charge is 2.18. The zero-order valence-corrected chi connectivity index (χ0v) is 10.5. The Morgan fingerprint density at radius 2 is 2.00 bits per heavy atom. The Labute approximate surface area is 93.4 Å². The summed E-state index contributed by atoms with van der Waals surface area (Å²) in [5.74, 6) is 3.47. The van der Waals surface area contributed by atoms with E-state index in [-0.39, 0.29) is 0 Å². The summed E-state index contributed by atoms with van der Waals surface area (Å²) in [6.45, 7) is 5.79. The summed E-state index contributed by atoms with van der Waals surface area (Å²) < 4.78 is 0. The van der Waals surface area contributed by atoms with Gasteiger partial charge in [0.2, 0.25) is 0 Å². The van der Waals surface area contributed by atoms with E-state index in [1.807, 2.05) is 11.8 Å². The summed E-state index contributed by atoms with van der Waals surface area (Å²) in [6.07, 6.45) is 7.29. The minimum absolute atomic E-state index is 0.743. The summed E-state index contributed by atoms with van der Waals surface area (Å²) in [5.41, 5.74) is 0. The van der Waals surface area contributed by atoms with Gasteiger partial charge in [0.25, 0.3) is 0 Å². The standard InChI is InChI=1S/C12H25NS/c1-3-14-10-9-13-11(2)12-7-5-4-6-8-12/h11-13H,3-10H2,1-2H3/t11-/m1/s1. The van der Waals surface area contributed by atoms with Crippen LogP contribution in [-0.4, -0.2) is 24.1 Å². The van der Waals surface area contributed by atoms with Gasteiger partial charge in [-0.1, -0.05) is 26.2 Å². The maximum Gasteiger partial charge on any atom is 0.00673 e. The maximum absolute atomic E-state index is 3.67. The molecule has 0 unspecified atom stereocenters. The molecule has 2 heteroatoms. The van der Waals surface area contributed by atoms with Crippen LogP contribution in [0.25, 0.3) is 0 Å². The van der Waals surface area contributed by atoms with E-state index in [9.17, 15) is 0 Å². The number of hydrogen-bond donors (Lipinski definition) is 1. The predicted octanol–water partition coefficient (Wildman–Crippen LogP) is 3.30. The Hall–Kier alpha value is 0.310. The molecule has 0 aliphatic heterocycles. The molecule has 0 spiro atoms. The van der Waals surface area contributed by atoms with E-state index in [0.29, 0.717) is 0 Å². The summed E-state index contributed by atoms with van der Waals surface area (Å²) in [6, 6.07) is 0.743. The third kappa shape index (κ3) is 4.70. The third-order valence-corrected chi connectivity index (χ3v) is 4.17. The number of thioether (sulfide) groups is 1. The van der Waals surface area contributed by atoms with Crippen molar-refractivity contribution in [2.45, 2.75) is 52.0 Å². The van der Waals surface area contributed by atoms with Gasteiger partial charge in [0.1, 0.15) is 0 Å². The molecule has 0 bridgehead atoms. The van der Waals surface area contributed by atoms with E-state index in [1.54, 1.807) is 0 Å². The molecule has 0 aromatic rings. The van der Waals surface area contributed by atoms with Crippen molar-refractivity contribution < 1.29 is 0 Å². The Bertz CT molecular complexity index is 132. The lowest BCUT2D eigenvalue weighted by Crippen LogP contribution is -2.35. The summed E-state index contributed by atoms with van der Waals surface area (Å²) in [5, 5.41) is 3.67. The molecule has 14 heavy (non-hydrogen) atoms. The molecule has 1 saturated carbocycles. The largest absolute Gasteiger partial charge is 0.313 e. The van der Waals surface area contributed by atoms with Crippen LogP contribution in [0.3, 0.4) is 0 Å². The van der Waals surface area contributed by atoms with Crippen LogP contribution in [0.5, 0.6) is 0 Å². The lowest BCUT2D eigenvalue weighted by molar-refractivity contribution is 0.285. The van der Waals surface area contributed by atoms with Crippen LogP contribution >= 0.6 is 11.8 Å². The first-order chi connectivity index (χ1) is 6.84. The summed E-state index contributed by atoms with van der Waals surface area (Å²) >= 11 is 2.03. The van der Waals surface area contributed by atoms with Crippen LogP contribution in [0.2, 0.25) is 0 Å².